The van der Waals surface area contributed by atoms with E-state index >= 15 is 0 Å². The van der Waals surface area contributed by atoms with E-state index in [-0.39, 0.29) is 17.7 Å². The highest BCUT2D eigenvalue weighted by atomic mass is 32.1. The number of hydrogen-bond acceptors (Lipinski definition) is 5. The lowest BCUT2D eigenvalue weighted by molar-refractivity contribution is -0.141. The van der Waals surface area contributed by atoms with Crippen molar-refractivity contribution in [2.24, 2.45) is 5.92 Å². The van der Waals surface area contributed by atoms with Crippen molar-refractivity contribution >= 4 is 29.2 Å². The summed E-state index contributed by atoms with van der Waals surface area (Å²) in [5, 5.41) is 6.72. The molecular weight excluding hydrogens is 414 g/mol. The molecular formula is C23H29N3O4S. The molecule has 31 heavy (non-hydrogen) atoms. The Balaban J connectivity index is 1.57. The number of piperidine rings is 1. The van der Waals surface area contributed by atoms with Crippen molar-refractivity contribution < 1.29 is 19.1 Å². The first-order valence-corrected chi connectivity index (χ1v) is 11.4. The van der Waals surface area contributed by atoms with E-state index in [1.165, 1.54) is 7.11 Å². The Morgan fingerprint density at radius 2 is 1.87 bits per heavy atom. The average Bonchev–Trinajstić information content (AvgIpc) is 3.31. The SMILES string of the molecule is COC(=O)NC(Cc1ccccc1)C(=O)N1CCC(C(=O)N(C)Cc2ccsc2)CC1. The van der Waals surface area contributed by atoms with Crippen LogP contribution in [0.25, 0.3) is 0 Å². The lowest BCUT2D eigenvalue weighted by Gasteiger charge is -2.35. The number of ether oxygens (including phenoxy) is 1. The van der Waals surface area contributed by atoms with Crippen LogP contribution in [0, 0.1) is 5.92 Å². The Morgan fingerprint density at radius 3 is 2.48 bits per heavy atom. The molecule has 8 heteroatoms. The first kappa shape index (κ1) is 22.8. The predicted molar refractivity (Wildman–Crippen MR) is 120 cm³/mol. The van der Waals surface area contributed by atoms with Gasteiger partial charge in [-0.3, -0.25) is 9.59 Å². The van der Waals surface area contributed by atoms with Crippen molar-refractivity contribution in [1.82, 2.24) is 15.1 Å². The Bertz CT molecular complexity index is 864. The van der Waals surface area contributed by atoms with E-state index < -0.39 is 12.1 Å². The molecule has 1 unspecified atom stereocenters. The van der Waals surface area contributed by atoms with E-state index in [9.17, 15) is 14.4 Å². The Morgan fingerprint density at radius 1 is 1.16 bits per heavy atom. The van der Waals surface area contributed by atoms with Crippen molar-refractivity contribution in [3.05, 3.63) is 58.3 Å². The monoisotopic (exact) mass is 443 g/mol. The molecule has 0 radical (unpaired) electrons. The zero-order chi connectivity index (χ0) is 22.2. The van der Waals surface area contributed by atoms with Crippen molar-refractivity contribution in [3.8, 4) is 0 Å². The van der Waals surface area contributed by atoms with Crippen LogP contribution < -0.4 is 5.32 Å². The van der Waals surface area contributed by atoms with E-state index in [4.69, 9.17) is 4.74 Å². The molecule has 166 valence electrons. The normalized spacial score (nSPS) is 15.2. The van der Waals surface area contributed by atoms with Gasteiger partial charge in [-0.15, -0.1) is 0 Å². The number of thiophene rings is 1. The number of nitrogens with zero attached hydrogens (tertiary/aromatic N) is 2. The van der Waals surface area contributed by atoms with Gasteiger partial charge in [0.1, 0.15) is 6.04 Å². The number of carbonyl (C=O) groups is 3. The minimum atomic E-state index is -0.705. The highest BCUT2D eigenvalue weighted by Gasteiger charge is 2.32. The maximum atomic E-state index is 13.1. The van der Waals surface area contributed by atoms with Crippen molar-refractivity contribution in [1.29, 1.82) is 0 Å². The standard InChI is InChI=1S/C23H29N3O4S/c1-25(15-18-10-13-31-16-18)21(27)19-8-11-26(12-9-19)22(28)20(24-23(29)30-2)14-17-6-4-3-5-7-17/h3-7,10,13,16,19-20H,8-9,11-12,14-15H2,1-2H3,(H,24,29). The number of carbonyl (C=O) groups excluding carboxylic acids is 3. The molecule has 0 bridgehead atoms. The summed E-state index contributed by atoms with van der Waals surface area (Å²) in [4.78, 5) is 41.3. The van der Waals surface area contributed by atoms with E-state index in [1.807, 2.05) is 54.2 Å². The molecule has 0 saturated carbocycles. The van der Waals surface area contributed by atoms with Gasteiger partial charge in [-0.2, -0.15) is 11.3 Å². The molecule has 0 aliphatic carbocycles. The predicted octanol–water partition coefficient (Wildman–Crippen LogP) is 2.91. The molecule has 1 atom stereocenters. The third-order valence-electron chi connectivity index (χ3n) is 5.59. The van der Waals surface area contributed by atoms with Crippen LogP contribution in [0.4, 0.5) is 4.79 Å². The smallest absolute Gasteiger partial charge is 0.407 e. The van der Waals surface area contributed by atoms with Gasteiger partial charge in [0.25, 0.3) is 0 Å². The van der Waals surface area contributed by atoms with Crippen LogP contribution in [0.5, 0.6) is 0 Å². The molecule has 1 aromatic heterocycles. The van der Waals surface area contributed by atoms with Crippen LogP contribution in [0.15, 0.2) is 47.2 Å². The molecule has 1 fully saturated rings. The summed E-state index contributed by atoms with van der Waals surface area (Å²) in [6.45, 7) is 1.59. The number of rotatable bonds is 7. The summed E-state index contributed by atoms with van der Waals surface area (Å²) < 4.78 is 4.70. The molecule has 2 aromatic rings. The van der Waals surface area contributed by atoms with Gasteiger partial charge in [-0.05, 0) is 40.8 Å². The van der Waals surface area contributed by atoms with Crippen LogP contribution in [0.2, 0.25) is 0 Å². The number of methoxy groups -OCH3 is 1. The zero-order valence-electron chi connectivity index (χ0n) is 18.0. The van der Waals surface area contributed by atoms with Gasteiger partial charge >= 0.3 is 6.09 Å². The Labute approximate surface area is 187 Å². The van der Waals surface area contributed by atoms with E-state index in [0.717, 1.165) is 11.1 Å². The maximum Gasteiger partial charge on any atom is 0.407 e. The first-order chi connectivity index (χ1) is 15.0. The number of nitrogens with one attached hydrogen (secondary N) is 1. The Kier molecular flexibility index (Phi) is 8.06. The van der Waals surface area contributed by atoms with Crippen molar-refractivity contribution in [3.63, 3.8) is 0 Å². The van der Waals surface area contributed by atoms with Gasteiger partial charge < -0.3 is 19.9 Å². The number of amides is 3. The van der Waals surface area contributed by atoms with Gasteiger partial charge in [0.15, 0.2) is 0 Å². The summed E-state index contributed by atoms with van der Waals surface area (Å²) >= 11 is 1.62. The average molecular weight is 444 g/mol. The minimum absolute atomic E-state index is 0.0891. The van der Waals surface area contributed by atoms with E-state index in [1.54, 1.807) is 21.1 Å². The van der Waals surface area contributed by atoms with Crippen molar-refractivity contribution in [2.45, 2.75) is 31.8 Å². The molecule has 3 amide bonds. The molecule has 1 N–H and O–H groups in total. The second kappa shape index (κ2) is 10.9. The number of alkyl carbamates (subject to hydrolysis) is 1. The van der Waals surface area contributed by atoms with Crippen LogP contribution in [0.1, 0.15) is 24.0 Å². The third-order valence-corrected chi connectivity index (χ3v) is 6.32. The summed E-state index contributed by atoms with van der Waals surface area (Å²) in [5.41, 5.74) is 2.09. The third kappa shape index (κ3) is 6.30. The topological polar surface area (TPSA) is 79.0 Å². The van der Waals surface area contributed by atoms with Crippen LogP contribution >= 0.6 is 11.3 Å². The van der Waals surface area contributed by atoms with Crippen LogP contribution in [-0.4, -0.2) is 61.0 Å². The fourth-order valence-electron chi connectivity index (χ4n) is 3.86. The second-order valence-corrected chi connectivity index (χ2v) is 8.58. The largest absolute Gasteiger partial charge is 0.453 e. The van der Waals surface area contributed by atoms with E-state index in [2.05, 4.69) is 5.32 Å². The van der Waals surface area contributed by atoms with Crippen LogP contribution in [-0.2, 0) is 27.3 Å². The van der Waals surface area contributed by atoms with E-state index in [0.29, 0.717) is 38.9 Å². The minimum Gasteiger partial charge on any atom is -0.453 e. The van der Waals surface area contributed by atoms with Gasteiger partial charge in [0, 0.05) is 39.0 Å². The molecule has 1 aromatic carbocycles. The maximum absolute atomic E-state index is 13.1. The zero-order valence-corrected chi connectivity index (χ0v) is 18.8. The van der Waals surface area contributed by atoms with Gasteiger partial charge in [-0.25, -0.2) is 4.79 Å². The first-order valence-electron chi connectivity index (χ1n) is 10.4. The fourth-order valence-corrected chi connectivity index (χ4v) is 4.52. The molecule has 3 rings (SSSR count). The fraction of sp³-hybridized carbons (Fsp3) is 0.435. The number of benzene rings is 1. The Hall–Kier alpha value is -2.87. The van der Waals surface area contributed by atoms with Gasteiger partial charge in [0.2, 0.25) is 11.8 Å². The summed E-state index contributed by atoms with van der Waals surface area (Å²) in [7, 11) is 3.11. The summed E-state index contributed by atoms with van der Waals surface area (Å²) in [6, 6.07) is 10.9. The van der Waals surface area contributed by atoms with Gasteiger partial charge in [-0.1, -0.05) is 30.3 Å². The molecule has 1 aliphatic rings. The summed E-state index contributed by atoms with van der Waals surface area (Å²) in [6.07, 6.45) is 0.995. The summed E-state index contributed by atoms with van der Waals surface area (Å²) in [5.74, 6) is -0.118. The highest BCUT2D eigenvalue weighted by Crippen LogP contribution is 2.22. The number of likely N-dealkylation sites (tertiary alicyclic amines) is 1. The van der Waals surface area contributed by atoms with Crippen molar-refractivity contribution in [2.75, 3.05) is 27.2 Å². The molecule has 0 spiro atoms. The molecule has 2 heterocycles. The highest BCUT2D eigenvalue weighted by molar-refractivity contribution is 7.07. The van der Waals surface area contributed by atoms with Crippen LogP contribution in [0.3, 0.4) is 0 Å². The lowest BCUT2D eigenvalue weighted by Crippen LogP contribution is -2.52. The molecule has 1 saturated heterocycles. The molecule has 1 aliphatic heterocycles. The quantitative estimate of drug-likeness (QED) is 0.714. The van der Waals surface area contributed by atoms with Gasteiger partial charge in [0.05, 0.1) is 7.11 Å². The lowest BCUT2D eigenvalue weighted by atomic mass is 9.94. The second-order valence-electron chi connectivity index (χ2n) is 7.80. The molecule has 7 nitrogen and oxygen atoms in total. The number of hydrogen-bond donors (Lipinski definition) is 1.